The lowest BCUT2D eigenvalue weighted by atomic mass is 10.1. The van der Waals surface area contributed by atoms with Crippen molar-refractivity contribution in [2.75, 3.05) is 11.8 Å². The molecule has 0 aliphatic rings. The molecule has 0 unspecified atom stereocenters. The monoisotopic (exact) mass is 443 g/mol. The Bertz CT molecular complexity index is 1140. The maximum atomic E-state index is 13.0. The number of ether oxygens (including phenoxy) is 2. The van der Waals surface area contributed by atoms with Gasteiger partial charge in [-0.3, -0.25) is 9.40 Å². The third kappa shape index (κ3) is 5.64. The standard InChI is InChI=1S/C22H25N3O5S/c1-16(2)13-25-14-18(12-23-25)31(27,28)24-21-19(22(26)29-3)10-7-11-20(21)30-15-17-8-5-4-6-9-17/h4-12,14,16,24H,13,15H2,1-3H3. The van der Waals surface area contributed by atoms with Crippen LogP contribution in [0.4, 0.5) is 5.69 Å². The molecule has 1 N–H and O–H groups in total. The van der Waals surface area contributed by atoms with E-state index in [4.69, 9.17) is 9.47 Å². The number of carbonyl (C=O) groups is 1. The van der Waals surface area contributed by atoms with Crippen molar-refractivity contribution in [2.24, 2.45) is 5.92 Å². The smallest absolute Gasteiger partial charge is 0.340 e. The molecular formula is C22H25N3O5S. The van der Waals surface area contributed by atoms with E-state index >= 15 is 0 Å². The van der Waals surface area contributed by atoms with Gasteiger partial charge in [-0.2, -0.15) is 5.10 Å². The highest BCUT2D eigenvalue weighted by molar-refractivity contribution is 7.92. The minimum absolute atomic E-state index is 0.0122. The lowest BCUT2D eigenvalue weighted by Gasteiger charge is -2.16. The molecule has 1 heterocycles. The molecule has 0 spiro atoms. The van der Waals surface area contributed by atoms with Crippen LogP contribution in [0, 0.1) is 5.92 Å². The van der Waals surface area contributed by atoms with Gasteiger partial charge in [0, 0.05) is 12.7 Å². The molecule has 0 saturated carbocycles. The molecule has 31 heavy (non-hydrogen) atoms. The van der Waals surface area contributed by atoms with Gasteiger partial charge in [0.2, 0.25) is 0 Å². The van der Waals surface area contributed by atoms with Crippen LogP contribution >= 0.6 is 0 Å². The van der Waals surface area contributed by atoms with Crippen LogP contribution < -0.4 is 9.46 Å². The number of carbonyl (C=O) groups excluding carboxylic acids is 1. The molecule has 8 nitrogen and oxygen atoms in total. The van der Waals surface area contributed by atoms with Crippen molar-refractivity contribution in [3.8, 4) is 5.75 Å². The zero-order chi connectivity index (χ0) is 22.4. The van der Waals surface area contributed by atoms with Gasteiger partial charge >= 0.3 is 5.97 Å². The first-order valence-electron chi connectivity index (χ1n) is 9.73. The van der Waals surface area contributed by atoms with Gasteiger partial charge in [-0.05, 0) is 23.6 Å². The second-order valence-corrected chi connectivity index (χ2v) is 9.02. The van der Waals surface area contributed by atoms with Gasteiger partial charge in [0.05, 0.1) is 18.9 Å². The lowest BCUT2D eigenvalue weighted by Crippen LogP contribution is -2.17. The van der Waals surface area contributed by atoms with Crippen LogP contribution in [0.5, 0.6) is 5.75 Å². The Morgan fingerprint density at radius 2 is 1.87 bits per heavy atom. The average Bonchev–Trinajstić information content (AvgIpc) is 3.21. The fourth-order valence-corrected chi connectivity index (χ4v) is 3.97. The molecule has 3 aromatic rings. The minimum Gasteiger partial charge on any atom is -0.487 e. The molecule has 9 heteroatoms. The van der Waals surface area contributed by atoms with Crippen molar-refractivity contribution >= 4 is 21.7 Å². The molecule has 2 aromatic carbocycles. The zero-order valence-corrected chi connectivity index (χ0v) is 18.4. The van der Waals surface area contributed by atoms with E-state index in [1.165, 1.54) is 25.6 Å². The molecule has 0 saturated heterocycles. The van der Waals surface area contributed by atoms with Crippen molar-refractivity contribution in [1.29, 1.82) is 0 Å². The lowest BCUT2D eigenvalue weighted by molar-refractivity contribution is 0.0601. The first-order chi connectivity index (χ1) is 14.8. The largest absolute Gasteiger partial charge is 0.487 e. The van der Waals surface area contributed by atoms with Crippen molar-refractivity contribution in [2.45, 2.75) is 31.9 Å². The van der Waals surface area contributed by atoms with E-state index in [1.807, 2.05) is 44.2 Å². The summed E-state index contributed by atoms with van der Waals surface area (Å²) in [6, 6.07) is 14.1. The van der Waals surface area contributed by atoms with Gasteiger partial charge < -0.3 is 9.47 Å². The zero-order valence-electron chi connectivity index (χ0n) is 17.6. The number of aromatic nitrogens is 2. The highest BCUT2D eigenvalue weighted by Crippen LogP contribution is 2.32. The highest BCUT2D eigenvalue weighted by Gasteiger charge is 2.24. The van der Waals surface area contributed by atoms with Gasteiger partial charge in [0.15, 0.2) is 0 Å². The van der Waals surface area contributed by atoms with E-state index < -0.39 is 16.0 Å². The van der Waals surface area contributed by atoms with Crippen molar-refractivity contribution in [1.82, 2.24) is 9.78 Å². The molecule has 1 aromatic heterocycles. The fraction of sp³-hybridized carbons (Fsp3) is 0.273. The number of rotatable bonds is 9. The predicted octanol–water partition coefficient (Wildman–Crippen LogP) is 3.71. The van der Waals surface area contributed by atoms with Crippen molar-refractivity contribution in [3.63, 3.8) is 0 Å². The van der Waals surface area contributed by atoms with Gasteiger partial charge in [-0.25, -0.2) is 13.2 Å². The molecule has 0 atom stereocenters. The number of nitrogens with one attached hydrogen (secondary N) is 1. The van der Waals surface area contributed by atoms with E-state index in [2.05, 4.69) is 9.82 Å². The predicted molar refractivity (Wildman–Crippen MR) is 116 cm³/mol. The Balaban J connectivity index is 1.93. The summed E-state index contributed by atoms with van der Waals surface area (Å²) < 4.78 is 40.7. The first-order valence-corrected chi connectivity index (χ1v) is 11.2. The van der Waals surface area contributed by atoms with E-state index in [9.17, 15) is 13.2 Å². The normalized spacial score (nSPS) is 11.4. The van der Waals surface area contributed by atoms with Gasteiger partial charge in [0.1, 0.15) is 22.9 Å². The molecular weight excluding hydrogens is 418 g/mol. The number of esters is 1. The third-order valence-electron chi connectivity index (χ3n) is 4.38. The third-order valence-corrected chi connectivity index (χ3v) is 5.68. The van der Waals surface area contributed by atoms with Gasteiger partial charge in [-0.1, -0.05) is 50.2 Å². The van der Waals surface area contributed by atoms with Crippen LogP contribution in [0.1, 0.15) is 29.8 Å². The highest BCUT2D eigenvalue weighted by atomic mass is 32.2. The van der Waals surface area contributed by atoms with Crippen molar-refractivity contribution in [3.05, 3.63) is 72.1 Å². The number of hydrogen-bond donors (Lipinski definition) is 1. The Kier molecular flexibility index (Phi) is 6.96. The second kappa shape index (κ2) is 9.65. The molecule has 0 aliphatic heterocycles. The summed E-state index contributed by atoms with van der Waals surface area (Å²) in [7, 11) is -2.79. The maximum Gasteiger partial charge on any atom is 0.340 e. The van der Waals surface area contributed by atoms with Gasteiger partial charge in [0.25, 0.3) is 10.0 Å². The SMILES string of the molecule is COC(=O)c1cccc(OCc2ccccc2)c1NS(=O)(=O)c1cnn(CC(C)C)c1. The summed E-state index contributed by atoms with van der Waals surface area (Å²) in [5.41, 5.74) is 0.961. The Labute approximate surface area is 181 Å². The first kappa shape index (κ1) is 22.4. The van der Waals surface area contributed by atoms with Crippen molar-refractivity contribution < 1.29 is 22.7 Å². The number of sulfonamides is 1. The molecule has 0 radical (unpaired) electrons. The number of para-hydroxylation sites is 1. The Morgan fingerprint density at radius 1 is 1.13 bits per heavy atom. The molecule has 164 valence electrons. The fourth-order valence-electron chi connectivity index (χ4n) is 2.92. The number of anilines is 1. The van der Waals surface area contributed by atoms with Crippen LogP contribution in [0.3, 0.4) is 0 Å². The van der Waals surface area contributed by atoms with E-state index in [0.717, 1.165) is 5.56 Å². The number of hydrogen-bond acceptors (Lipinski definition) is 6. The summed E-state index contributed by atoms with van der Waals surface area (Å²) in [6.07, 6.45) is 2.73. The second-order valence-electron chi connectivity index (χ2n) is 7.34. The van der Waals surface area contributed by atoms with Gasteiger partial charge in [-0.15, -0.1) is 0 Å². The summed E-state index contributed by atoms with van der Waals surface area (Å²) >= 11 is 0. The van der Waals surface area contributed by atoms with Crippen LogP contribution in [0.15, 0.2) is 65.8 Å². The summed E-state index contributed by atoms with van der Waals surface area (Å²) in [5.74, 6) is -0.162. The number of benzene rings is 2. The molecule has 0 amide bonds. The van der Waals surface area contributed by atoms with Crippen LogP contribution in [0.25, 0.3) is 0 Å². The van der Waals surface area contributed by atoms with E-state index in [0.29, 0.717) is 12.5 Å². The van der Waals surface area contributed by atoms with Crippen LogP contribution in [-0.4, -0.2) is 31.3 Å². The maximum absolute atomic E-state index is 13.0. The van der Waals surface area contributed by atoms with Crippen LogP contribution in [0.2, 0.25) is 0 Å². The molecule has 0 bridgehead atoms. The molecule has 3 rings (SSSR count). The van der Waals surface area contributed by atoms with E-state index in [1.54, 1.807) is 16.8 Å². The van der Waals surface area contributed by atoms with Crippen LogP contribution in [-0.2, 0) is 27.9 Å². The summed E-state index contributed by atoms with van der Waals surface area (Å²) in [6.45, 7) is 4.81. The quantitative estimate of drug-likeness (QED) is 0.506. The average molecular weight is 444 g/mol. The minimum atomic E-state index is -4.02. The molecule has 0 fully saturated rings. The number of methoxy groups -OCH3 is 1. The Hall–Kier alpha value is -3.33. The topological polar surface area (TPSA) is 99.5 Å². The number of nitrogens with zero attached hydrogens (tertiary/aromatic N) is 2. The van der Waals surface area contributed by atoms with E-state index in [-0.39, 0.29) is 28.5 Å². The molecule has 0 aliphatic carbocycles. The summed E-state index contributed by atoms with van der Waals surface area (Å²) in [5, 5.41) is 4.11. The Morgan fingerprint density at radius 3 is 2.55 bits per heavy atom. The summed E-state index contributed by atoms with van der Waals surface area (Å²) in [4.78, 5) is 12.3.